The minimum absolute atomic E-state index is 0.550. The van der Waals surface area contributed by atoms with Gasteiger partial charge in [0, 0.05) is 6.04 Å². The maximum absolute atomic E-state index is 3.63. The molecule has 2 saturated carbocycles. The van der Waals surface area contributed by atoms with E-state index in [1.807, 2.05) is 0 Å². The highest BCUT2D eigenvalue weighted by Gasteiger charge is 2.60. The molecule has 2 fully saturated rings. The van der Waals surface area contributed by atoms with Crippen molar-refractivity contribution in [3.05, 3.63) is 0 Å². The minimum atomic E-state index is 0.550. The van der Waals surface area contributed by atoms with Gasteiger partial charge in [-0.05, 0) is 54.4 Å². The SMILES string of the molecule is CC(C)NCC1CC12CC(C)(C)CC(C)(C)C2. The number of rotatable bonds is 3. The van der Waals surface area contributed by atoms with Crippen molar-refractivity contribution in [1.82, 2.24) is 5.32 Å². The van der Waals surface area contributed by atoms with Crippen molar-refractivity contribution in [2.45, 2.75) is 73.3 Å². The van der Waals surface area contributed by atoms with Crippen LogP contribution >= 0.6 is 0 Å². The molecule has 0 amide bonds. The molecule has 2 aliphatic carbocycles. The molecule has 1 heteroatoms. The summed E-state index contributed by atoms with van der Waals surface area (Å²) in [5.41, 5.74) is 1.79. The molecule has 0 saturated heterocycles. The van der Waals surface area contributed by atoms with Gasteiger partial charge in [0.05, 0.1) is 0 Å². The van der Waals surface area contributed by atoms with Crippen molar-refractivity contribution in [3.63, 3.8) is 0 Å². The summed E-state index contributed by atoms with van der Waals surface area (Å²) in [5.74, 6) is 0.948. The molecule has 0 heterocycles. The van der Waals surface area contributed by atoms with Gasteiger partial charge in [-0.15, -0.1) is 0 Å². The summed E-state index contributed by atoms with van der Waals surface area (Å²) in [7, 11) is 0. The predicted molar refractivity (Wildman–Crippen MR) is 75.1 cm³/mol. The lowest BCUT2D eigenvalue weighted by Gasteiger charge is -2.46. The summed E-state index contributed by atoms with van der Waals surface area (Å²) in [6.45, 7) is 15.6. The van der Waals surface area contributed by atoms with Gasteiger partial charge in [0.1, 0.15) is 0 Å². The van der Waals surface area contributed by atoms with Gasteiger partial charge < -0.3 is 5.32 Å². The second kappa shape index (κ2) is 3.98. The van der Waals surface area contributed by atoms with Crippen molar-refractivity contribution < 1.29 is 0 Å². The number of hydrogen-bond donors (Lipinski definition) is 1. The van der Waals surface area contributed by atoms with E-state index in [-0.39, 0.29) is 0 Å². The van der Waals surface area contributed by atoms with E-state index in [9.17, 15) is 0 Å². The summed E-state index contributed by atoms with van der Waals surface area (Å²) in [6, 6.07) is 0.636. The summed E-state index contributed by atoms with van der Waals surface area (Å²) >= 11 is 0. The Balaban J connectivity index is 1.98. The fourth-order valence-corrected chi connectivity index (χ4v) is 4.92. The van der Waals surface area contributed by atoms with E-state index >= 15 is 0 Å². The van der Waals surface area contributed by atoms with Crippen LogP contribution < -0.4 is 5.32 Å². The Morgan fingerprint density at radius 1 is 1.00 bits per heavy atom. The molecular weight excluding hydrogens is 206 g/mol. The Morgan fingerprint density at radius 2 is 1.53 bits per heavy atom. The zero-order valence-corrected chi connectivity index (χ0v) is 12.7. The molecule has 1 atom stereocenters. The van der Waals surface area contributed by atoms with Crippen molar-refractivity contribution in [2.75, 3.05) is 6.54 Å². The molecule has 0 aliphatic heterocycles. The molecule has 0 aromatic rings. The van der Waals surface area contributed by atoms with Crippen molar-refractivity contribution in [1.29, 1.82) is 0 Å². The normalized spacial score (nSPS) is 33.0. The third-order valence-electron chi connectivity index (χ3n) is 4.75. The molecule has 1 nitrogen and oxygen atoms in total. The molecule has 2 rings (SSSR count). The second-order valence-corrected chi connectivity index (χ2v) is 8.69. The monoisotopic (exact) mass is 237 g/mol. The van der Waals surface area contributed by atoms with Gasteiger partial charge in [-0.1, -0.05) is 41.5 Å². The summed E-state index contributed by atoms with van der Waals surface area (Å²) in [4.78, 5) is 0. The van der Waals surface area contributed by atoms with Crippen molar-refractivity contribution in [3.8, 4) is 0 Å². The highest BCUT2D eigenvalue weighted by molar-refractivity contribution is 5.10. The van der Waals surface area contributed by atoms with E-state index in [4.69, 9.17) is 0 Å². The van der Waals surface area contributed by atoms with Crippen LogP contribution in [0.25, 0.3) is 0 Å². The Kier molecular flexibility index (Phi) is 3.14. The van der Waals surface area contributed by atoms with Crippen molar-refractivity contribution in [2.24, 2.45) is 22.2 Å². The van der Waals surface area contributed by atoms with Gasteiger partial charge in [0.15, 0.2) is 0 Å². The molecule has 0 bridgehead atoms. The van der Waals surface area contributed by atoms with Crippen LogP contribution in [0.2, 0.25) is 0 Å². The van der Waals surface area contributed by atoms with Gasteiger partial charge >= 0.3 is 0 Å². The number of nitrogens with one attached hydrogen (secondary N) is 1. The summed E-state index contributed by atoms with van der Waals surface area (Å²) in [5, 5.41) is 3.63. The van der Waals surface area contributed by atoms with Crippen LogP contribution in [0, 0.1) is 22.2 Å². The standard InChI is InChI=1S/C16H31N/c1-12(2)17-8-13-7-16(13)10-14(3,4)9-15(5,6)11-16/h12-13,17H,7-11H2,1-6H3. The maximum Gasteiger partial charge on any atom is 0.00104 e. The van der Waals surface area contributed by atoms with Gasteiger partial charge in [-0.25, -0.2) is 0 Å². The second-order valence-electron chi connectivity index (χ2n) is 8.69. The van der Waals surface area contributed by atoms with Crippen LogP contribution in [0.4, 0.5) is 0 Å². The third kappa shape index (κ3) is 3.05. The Bertz CT molecular complexity index is 272. The van der Waals surface area contributed by atoms with E-state index in [1.165, 1.54) is 32.2 Å². The Hall–Kier alpha value is -0.0400. The zero-order chi connectivity index (χ0) is 12.9. The minimum Gasteiger partial charge on any atom is -0.314 e. The highest BCUT2D eigenvalue weighted by Crippen LogP contribution is 2.68. The number of hydrogen-bond acceptors (Lipinski definition) is 1. The Labute approximate surface area is 108 Å². The fourth-order valence-electron chi connectivity index (χ4n) is 4.92. The first-order valence-corrected chi connectivity index (χ1v) is 7.38. The van der Waals surface area contributed by atoms with Gasteiger partial charge in [0.2, 0.25) is 0 Å². The zero-order valence-electron chi connectivity index (χ0n) is 12.7. The summed E-state index contributed by atoms with van der Waals surface area (Å²) < 4.78 is 0. The van der Waals surface area contributed by atoms with E-state index < -0.39 is 0 Å². The van der Waals surface area contributed by atoms with Crippen LogP contribution in [0.15, 0.2) is 0 Å². The van der Waals surface area contributed by atoms with Gasteiger partial charge in [-0.2, -0.15) is 0 Å². The quantitative estimate of drug-likeness (QED) is 0.774. The van der Waals surface area contributed by atoms with Gasteiger partial charge in [-0.3, -0.25) is 0 Å². The lowest BCUT2D eigenvalue weighted by molar-refractivity contribution is 0.0465. The van der Waals surface area contributed by atoms with Crippen LogP contribution in [-0.2, 0) is 0 Å². The summed E-state index contributed by atoms with van der Waals surface area (Å²) in [6.07, 6.45) is 5.77. The van der Waals surface area contributed by atoms with Crippen LogP contribution in [0.1, 0.15) is 67.2 Å². The predicted octanol–water partition coefficient (Wildman–Crippen LogP) is 4.23. The average molecular weight is 237 g/mol. The third-order valence-corrected chi connectivity index (χ3v) is 4.75. The average Bonchev–Trinajstić information content (AvgIpc) is 2.67. The first-order chi connectivity index (χ1) is 7.64. The van der Waals surface area contributed by atoms with Crippen LogP contribution in [-0.4, -0.2) is 12.6 Å². The molecule has 1 spiro atoms. The van der Waals surface area contributed by atoms with E-state index in [0.29, 0.717) is 22.3 Å². The first-order valence-electron chi connectivity index (χ1n) is 7.38. The highest BCUT2D eigenvalue weighted by atomic mass is 14.9. The van der Waals surface area contributed by atoms with Crippen LogP contribution in [0.5, 0.6) is 0 Å². The lowest BCUT2D eigenvalue weighted by Crippen LogP contribution is -2.37. The molecular formula is C16H31N. The molecule has 100 valence electrons. The van der Waals surface area contributed by atoms with Crippen molar-refractivity contribution >= 4 is 0 Å². The van der Waals surface area contributed by atoms with Crippen LogP contribution in [0.3, 0.4) is 0 Å². The topological polar surface area (TPSA) is 12.0 Å². The molecule has 2 aliphatic rings. The molecule has 1 N–H and O–H groups in total. The fraction of sp³-hybridized carbons (Fsp3) is 1.00. The maximum atomic E-state index is 3.63. The van der Waals surface area contributed by atoms with E-state index in [2.05, 4.69) is 46.9 Å². The molecule has 0 aromatic heterocycles. The molecule has 0 radical (unpaired) electrons. The Morgan fingerprint density at radius 3 is 2.00 bits per heavy atom. The lowest BCUT2D eigenvalue weighted by atomic mass is 9.59. The molecule has 1 unspecified atom stereocenters. The molecule has 17 heavy (non-hydrogen) atoms. The van der Waals surface area contributed by atoms with Gasteiger partial charge in [0.25, 0.3) is 0 Å². The van der Waals surface area contributed by atoms with E-state index in [1.54, 1.807) is 0 Å². The largest absolute Gasteiger partial charge is 0.314 e. The smallest absolute Gasteiger partial charge is 0.00104 e. The molecule has 0 aromatic carbocycles. The first kappa shape index (κ1) is 13.4. The van der Waals surface area contributed by atoms with E-state index in [0.717, 1.165) is 5.92 Å².